The SMILES string of the molecule is Cc1ccc(CNC(=O)[C@H](N)c2ccccc2)cc1. The average molecular weight is 254 g/mol. The third-order valence-corrected chi connectivity index (χ3v) is 3.03. The summed E-state index contributed by atoms with van der Waals surface area (Å²) in [5.41, 5.74) is 9.01. The molecule has 0 aliphatic carbocycles. The van der Waals surface area contributed by atoms with Gasteiger partial charge in [-0.15, -0.1) is 0 Å². The van der Waals surface area contributed by atoms with E-state index in [4.69, 9.17) is 5.73 Å². The Balaban J connectivity index is 1.93. The van der Waals surface area contributed by atoms with E-state index in [-0.39, 0.29) is 5.91 Å². The van der Waals surface area contributed by atoms with Crippen molar-refractivity contribution in [2.75, 3.05) is 0 Å². The van der Waals surface area contributed by atoms with Gasteiger partial charge < -0.3 is 11.1 Å². The minimum Gasteiger partial charge on any atom is -0.350 e. The smallest absolute Gasteiger partial charge is 0.241 e. The summed E-state index contributed by atoms with van der Waals surface area (Å²) in [7, 11) is 0. The molecule has 98 valence electrons. The molecule has 0 spiro atoms. The number of aryl methyl sites for hydroxylation is 1. The number of nitrogens with one attached hydrogen (secondary N) is 1. The van der Waals surface area contributed by atoms with E-state index in [0.29, 0.717) is 6.54 Å². The second-order valence-corrected chi connectivity index (χ2v) is 4.59. The zero-order valence-electron chi connectivity index (χ0n) is 11.0. The normalized spacial score (nSPS) is 11.9. The Kier molecular flexibility index (Phi) is 4.31. The van der Waals surface area contributed by atoms with E-state index in [0.717, 1.165) is 11.1 Å². The van der Waals surface area contributed by atoms with Crippen molar-refractivity contribution in [3.63, 3.8) is 0 Å². The number of hydrogen-bond donors (Lipinski definition) is 2. The van der Waals surface area contributed by atoms with Crippen molar-refractivity contribution >= 4 is 5.91 Å². The first-order chi connectivity index (χ1) is 9.16. The van der Waals surface area contributed by atoms with Crippen molar-refractivity contribution in [3.05, 3.63) is 71.3 Å². The molecule has 3 N–H and O–H groups in total. The number of rotatable bonds is 4. The first-order valence-electron chi connectivity index (χ1n) is 6.30. The highest BCUT2D eigenvalue weighted by molar-refractivity contribution is 5.82. The maximum absolute atomic E-state index is 11.9. The molecule has 0 aromatic heterocycles. The third-order valence-electron chi connectivity index (χ3n) is 3.03. The van der Waals surface area contributed by atoms with Crippen LogP contribution < -0.4 is 11.1 Å². The molecule has 2 aromatic rings. The number of carbonyl (C=O) groups excluding carboxylic acids is 1. The Morgan fingerprint density at radius 1 is 1.11 bits per heavy atom. The number of nitrogens with two attached hydrogens (primary N) is 1. The van der Waals surface area contributed by atoms with Crippen molar-refractivity contribution in [1.82, 2.24) is 5.32 Å². The van der Waals surface area contributed by atoms with Crippen LogP contribution in [0.2, 0.25) is 0 Å². The largest absolute Gasteiger partial charge is 0.350 e. The summed E-state index contributed by atoms with van der Waals surface area (Å²) >= 11 is 0. The Bertz CT molecular complexity index is 534. The summed E-state index contributed by atoms with van der Waals surface area (Å²) in [5.74, 6) is -0.160. The molecule has 0 heterocycles. The monoisotopic (exact) mass is 254 g/mol. The lowest BCUT2D eigenvalue weighted by Crippen LogP contribution is -2.33. The van der Waals surface area contributed by atoms with Gasteiger partial charge in [-0.05, 0) is 18.1 Å². The molecule has 2 aromatic carbocycles. The number of amides is 1. The number of benzene rings is 2. The molecule has 1 amide bonds. The molecule has 0 fully saturated rings. The van der Waals surface area contributed by atoms with Crippen molar-refractivity contribution < 1.29 is 4.79 Å². The maximum Gasteiger partial charge on any atom is 0.241 e. The Hall–Kier alpha value is -2.13. The molecule has 3 heteroatoms. The lowest BCUT2D eigenvalue weighted by atomic mass is 10.1. The minimum atomic E-state index is -0.619. The molecule has 0 saturated carbocycles. The summed E-state index contributed by atoms with van der Waals surface area (Å²) in [5, 5.41) is 2.85. The first kappa shape index (κ1) is 13.3. The topological polar surface area (TPSA) is 55.1 Å². The van der Waals surface area contributed by atoms with Crippen LogP contribution in [0.15, 0.2) is 54.6 Å². The maximum atomic E-state index is 11.9. The average Bonchev–Trinajstić information content (AvgIpc) is 2.46. The predicted molar refractivity (Wildman–Crippen MR) is 76.4 cm³/mol. The van der Waals surface area contributed by atoms with Crippen molar-refractivity contribution in [2.24, 2.45) is 5.73 Å². The lowest BCUT2D eigenvalue weighted by molar-refractivity contribution is -0.122. The highest BCUT2D eigenvalue weighted by atomic mass is 16.2. The van der Waals surface area contributed by atoms with Crippen LogP contribution in [0.3, 0.4) is 0 Å². The van der Waals surface area contributed by atoms with Crippen LogP contribution in [-0.4, -0.2) is 5.91 Å². The Morgan fingerprint density at radius 3 is 2.37 bits per heavy atom. The summed E-state index contributed by atoms with van der Waals surface area (Å²) in [6, 6.07) is 16.8. The molecule has 2 rings (SSSR count). The summed E-state index contributed by atoms with van der Waals surface area (Å²) in [4.78, 5) is 11.9. The van der Waals surface area contributed by atoms with Gasteiger partial charge in [0.1, 0.15) is 6.04 Å². The third kappa shape index (κ3) is 3.66. The summed E-state index contributed by atoms with van der Waals surface area (Å²) in [6.45, 7) is 2.54. The van der Waals surface area contributed by atoms with E-state index < -0.39 is 6.04 Å². The van der Waals surface area contributed by atoms with E-state index in [9.17, 15) is 4.79 Å². The van der Waals surface area contributed by atoms with Crippen molar-refractivity contribution in [2.45, 2.75) is 19.5 Å². The molecule has 1 atom stereocenters. The number of carbonyl (C=O) groups is 1. The minimum absolute atomic E-state index is 0.160. The molecule has 0 saturated heterocycles. The number of hydrogen-bond acceptors (Lipinski definition) is 2. The molecule has 0 aliphatic heterocycles. The van der Waals surface area contributed by atoms with Gasteiger partial charge in [0.15, 0.2) is 0 Å². The van der Waals surface area contributed by atoms with Gasteiger partial charge in [-0.3, -0.25) is 4.79 Å². The Labute approximate surface area is 113 Å². The van der Waals surface area contributed by atoms with Crippen LogP contribution >= 0.6 is 0 Å². The zero-order chi connectivity index (χ0) is 13.7. The van der Waals surface area contributed by atoms with Crippen molar-refractivity contribution in [1.29, 1.82) is 0 Å². The van der Waals surface area contributed by atoms with E-state index in [1.54, 1.807) is 0 Å². The van der Waals surface area contributed by atoms with Crippen LogP contribution in [0, 0.1) is 6.92 Å². The molecule has 0 aliphatic rings. The summed E-state index contributed by atoms with van der Waals surface area (Å²) < 4.78 is 0. The van der Waals surface area contributed by atoms with Crippen LogP contribution in [0.4, 0.5) is 0 Å². The highest BCUT2D eigenvalue weighted by Crippen LogP contribution is 2.10. The molecule has 0 unspecified atom stereocenters. The predicted octanol–water partition coefficient (Wildman–Crippen LogP) is 2.31. The zero-order valence-corrected chi connectivity index (χ0v) is 11.0. The van der Waals surface area contributed by atoms with E-state index in [1.807, 2.05) is 61.5 Å². The van der Waals surface area contributed by atoms with Gasteiger partial charge in [-0.2, -0.15) is 0 Å². The van der Waals surface area contributed by atoms with Crippen LogP contribution in [0.1, 0.15) is 22.7 Å². The molecule has 0 radical (unpaired) electrons. The van der Waals surface area contributed by atoms with Gasteiger partial charge in [-0.1, -0.05) is 60.2 Å². The fourth-order valence-electron chi connectivity index (χ4n) is 1.82. The van der Waals surface area contributed by atoms with Gasteiger partial charge in [-0.25, -0.2) is 0 Å². The van der Waals surface area contributed by atoms with Gasteiger partial charge in [0.25, 0.3) is 0 Å². The second-order valence-electron chi connectivity index (χ2n) is 4.59. The Morgan fingerprint density at radius 2 is 1.74 bits per heavy atom. The summed E-state index contributed by atoms with van der Waals surface area (Å²) in [6.07, 6.45) is 0. The van der Waals surface area contributed by atoms with Crippen LogP contribution in [0.5, 0.6) is 0 Å². The second kappa shape index (κ2) is 6.16. The van der Waals surface area contributed by atoms with Crippen LogP contribution in [0.25, 0.3) is 0 Å². The van der Waals surface area contributed by atoms with Gasteiger partial charge in [0.05, 0.1) is 0 Å². The quantitative estimate of drug-likeness (QED) is 0.879. The van der Waals surface area contributed by atoms with Gasteiger partial charge in [0.2, 0.25) is 5.91 Å². The lowest BCUT2D eigenvalue weighted by Gasteiger charge is -2.12. The molecule has 19 heavy (non-hydrogen) atoms. The standard InChI is InChI=1S/C16H18N2O/c1-12-7-9-13(10-8-12)11-18-16(19)15(17)14-5-3-2-4-6-14/h2-10,15H,11,17H2,1H3,(H,18,19)/t15-/m1/s1. The fraction of sp³-hybridized carbons (Fsp3) is 0.188. The van der Waals surface area contributed by atoms with Crippen LogP contribution in [-0.2, 0) is 11.3 Å². The van der Waals surface area contributed by atoms with Gasteiger partial charge >= 0.3 is 0 Å². The molecular formula is C16H18N2O. The van der Waals surface area contributed by atoms with E-state index >= 15 is 0 Å². The molecular weight excluding hydrogens is 236 g/mol. The van der Waals surface area contributed by atoms with Gasteiger partial charge in [0, 0.05) is 6.54 Å². The highest BCUT2D eigenvalue weighted by Gasteiger charge is 2.14. The van der Waals surface area contributed by atoms with Crippen molar-refractivity contribution in [3.8, 4) is 0 Å². The fourth-order valence-corrected chi connectivity index (χ4v) is 1.82. The van der Waals surface area contributed by atoms with E-state index in [2.05, 4.69) is 5.32 Å². The molecule has 0 bridgehead atoms. The molecule has 3 nitrogen and oxygen atoms in total. The van der Waals surface area contributed by atoms with E-state index in [1.165, 1.54) is 5.56 Å². The first-order valence-corrected chi connectivity index (χ1v) is 6.30.